The van der Waals surface area contributed by atoms with Gasteiger partial charge < -0.3 is 9.47 Å². The second-order valence-electron chi connectivity index (χ2n) is 4.09. The third-order valence-corrected chi connectivity index (χ3v) is 3.55. The van der Waals surface area contributed by atoms with Gasteiger partial charge in [-0.2, -0.15) is 0 Å². The molecule has 0 N–H and O–H groups in total. The average Bonchev–Trinajstić information content (AvgIpc) is 2.70. The molecule has 2 unspecified atom stereocenters. The fourth-order valence-corrected chi connectivity index (χ4v) is 2.51. The van der Waals surface area contributed by atoms with Gasteiger partial charge in [0.15, 0.2) is 0 Å². The predicted octanol–water partition coefficient (Wildman–Crippen LogP) is 2.17. The Labute approximate surface area is 115 Å². The molecule has 0 amide bonds. The second-order valence-corrected chi connectivity index (χ2v) is 5.45. The van der Waals surface area contributed by atoms with Crippen molar-refractivity contribution in [2.75, 3.05) is 5.75 Å². The van der Waals surface area contributed by atoms with E-state index >= 15 is 0 Å². The van der Waals surface area contributed by atoms with Crippen molar-refractivity contribution < 1.29 is 23.8 Å². The molecule has 19 heavy (non-hydrogen) atoms. The van der Waals surface area contributed by atoms with E-state index in [4.69, 9.17) is 14.2 Å². The molecule has 2 rings (SSSR count). The number of hydrogen-bond donors (Lipinski definition) is 0. The van der Waals surface area contributed by atoms with Crippen molar-refractivity contribution in [2.45, 2.75) is 25.3 Å². The summed E-state index contributed by atoms with van der Waals surface area (Å²) in [6.07, 6.45) is -0.684. The van der Waals surface area contributed by atoms with Gasteiger partial charge in [0.05, 0.1) is 11.3 Å². The molecule has 1 aliphatic rings. The highest BCUT2D eigenvalue weighted by atomic mass is 32.2. The van der Waals surface area contributed by atoms with Crippen LogP contribution in [-0.4, -0.2) is 29.1 Å². The van der Waals surface area contributed by atoms with Gasteiger partial charge in [-0.15, -0.1) is 0 Å². The van der Waals surface area contributed by atoms with E-state index in [1.807, 2.05) is 6.07 Å². The molecule has 0 spiro atoms. The molecule has 0 aromatic heterocycles. The molecular formula is C13H14O5S. The molecule has 0 aliphatic carbocycles. The lowest BCUT2D eigenvalue weighted by Gasteiger charge is -2.23. The third-order valence-electron chi connectivity index (χ3n) is 2.41. The van der Waals surface area contributed by atoms with Crippen LogP contribution < -0.4 is 0 Å². The smallest absolute Gasteiger partial charge is 0.341 e. The minimum absolute atomic E-state index is 0.427. The number of thioether (sulfide) groups is 1. The minimum Gasteiger partial charge on any atom is -0.435 e. The van der Waals surface area contributed by atoms with Crippen LogP contribution in [0.5, 0.6) is 0 Å². The fraction of sp³-hybridized carbons (Fsp3) is 0.385. The molecule has 1 aliphatic heterocycles. The van der Waals surface area contributed by atoms with Crippen molar-refractivity contribution >= 4 is 23.7 Å². The Balaban J connectivity index is 1.96. The summed E-state index contributed by atoms with van der Waals surface area (Å²) in [4.78, 5) is 22.7. The summed E-state index contributed by atoms with van der Waals surface area (Å²) in [6, 6.07) is 8.65. The summed E-state index contributed by atoms with van der Waals surface area (Å²) in [7, 11) is 0. The molecule has 6 heteroatoms. The highest BCUT2D eigenvalue weighted by molar-refractivity contribution is 8.00. The maximum absolute atomic E-state index is 11.9. The molecule has 2 atom stereocenters. The van der Waals surface area contributed by atoms with Crippen molar-refractivity contribution in [2.24, 2.45) is 0 Å². The van der Waals surface area contributed by atoms with Gasteiger partial charge in [-0.05, 0) is 12.1 Å². The van der Waals surface area contributed by atoms with Gasteiger partial charge in [0.25, 0.3) is 5.12 Å². The Kier molecular flexibility index (Phi) is 4.11. The van der Waals surface area contributed by atoms with Crippen LogP contribution in [-0.2, 0) is 19.0 Å². The summed E-state index contributed by atoms with van der Waals surface area (Å²) < 4.78 is 15.7. The van der Waals surface area contributed by atoms with Crippen LogP contribution in [0.2, 0.25) is 0 Å². The van der Waals surface area contributed by atoms with E-state index in [2.05, 4.69) is 0 Å². The van der Waals surface area contributed by atoms with Crippen molar-refractivity contribution in [3.8, 4) is 0 Å². The van der Waals surface area contributed by atoms with Gasteiger partial charge >= 0.3 is 11.9 Å². The first-order valence-corrected chi connectivity index (χ1v) is 6.74. The highest BCUT2D eigenvalue weighted by Crippen LogP contribution is 2.38. The average molecular weight is 282 g/mol. The maximum atomic E-state index is 11.9. The van der Waals surface area contributed by atoms with Crippen molar-refractivity contribution in [1.82, 2.24) is 0 Å². The largest absolute Gasteiger partial charge is 0.435 e. The zero-order chi connectivity index (χ0) is 13.9. The van der Waals surface area contributed by atoms with Crippen molar-refractivity contribution in [1.29, 1.82) is 0 Å². The Morgan fingerprint density at radius 3 is 2.68 bits per heavy atom. The molecule has 0 saturated carbocycles. The topological polar surface area (TPSA) is 61.8 Å². The van der Waals surface area contributed by atoms with Crippen LogP contribution in [0.4, 0.5) is 0 Å². The molecule has 0 radical (unpaired) electrons. The maximum Gasteiger partial charge on any atom is 0.341 e. The van der Waals surface area contributed by atoms with Crippen LogP contribution in [0.25, 0.3) is 0 Å². The Morgan fingerprint density at radius 2 is 2.05 bits per heavy atom. The number of carbonyl (C=O) groups excluding carboxylic acids is 2. The van der Waals surface area contributed by atoms with Crippen LogP contribution in [0.1, 0.15) is 24.2 Å². The molecular weight excluding hydrogens is 268 g/mol. The molecule has 5 nitrogen and oxygen atoms in total. The van der Waals surface area contributed by atoms with E-state index in [0.29, 0.717) is 11.3 Å². The summed E-state index contributed by atoms with van der Waals surface area (Å²) in [6.45, 7) is 2.93. The molecule has 102 valence electrons. The van der Waals surface area contributed by atoms with Gasteiger partial charge in [-0.1, -0.05) is 30.0 Å². The number of esters is 2. The lowest BCUT2D eigenvalue weighted by atomic mass is 10.2. The van der Waals surface area contributed by atoms with Gasteiger partial charge in [0.1, 0.15) is 0 Å². The summed E-state index contributed by atoms with van der Waals surface area (Å²) in [5.74, 6) is -0.471. The van der Waals surface area contributed by atoms with Gasteiger partial charge in [0.2, 0.25) is 6.29 Å². The molecule has 1 aromatic rings. The number of benzene rings is 1. The molecule has 1 heterocycles. The van der Waals surface area contributed by atoms with Crippen LogP contribution in [0.15, 0.2) is 30.3 Å². The lowest BCUT2D eigenvalue weighted by molar-refractivity contribution is -0.215. The first-order chi connectivity index (χ1) is 8.98. The number of carbonyl (C=O) groups is 2. The van der Waals surface area contributed by atoms with Crippen LogP contribution in [0.3, 0.4) is 0 Å². The summed E-state index contributed by atoms with van der Waals surface area (Å²) >= 11 is 1.28. The zero-order valence-corrected chi connectivity index (χ0v) is 11.4. The first kappa shape index (κ1) is 13.9. The van der Waals surface area contributed by atoms with Gasteiger partial charge in [-0.3, -0.25) is 9.53 Å². The van der Waals surface area contributed by atoms with Crippen molar-refractivity contribution in [3.05, 3.63) is 35.9 Å². The SMILES string of the molecule is CC(=O)OC1CSC(C)(OC(=O)c2ccccc2)O1. The summed E-state index contributed by atoms with van der Waals surface area (Å²) in [5, 5.41) is -1.13. The van der Waals surface area contributed by atoms with Crippen molar-refractivity contribution in [3.63, 3.8) is 0 Å². The Morgan fingerprint density at radius 1 is 1.37 bits per heavy atom. The van der Waals surface area contributed by atoms with Gasteiger partial charge in [0, 0.05) is 13.8 Å². The third kappa shape index (κ3) is 3.71. The van der Waals surface area contributed by atoms with E-state index in [0.717, 1.165) is 0 Å². The fourth-order valence-electron chi connectivity index (χ4n) is 1.62. The molecule has 1 saturated heterocycles. The van der Waals surface area contributed by atoms with E-state index in [9.17, 15) is 9.59 Å². The quantitative estimate of drug-likeness (QED) is 0.792. The number of rotatable bonds is 3. The summed E-state index contributed by atoms with van der Waals surface area (Å²) in [5.41, 5.74) is 0.448. The van der Waals surface area contributed by atoms with E-state index in [-0.39, 0.29) is 0 Å². The zero-order valence-electron chi connectivity index (χ0n) is 10.6. The minimum atomic E-state index is -1.13. The van der Waals surface area contributed by atoms with Crippen LogP contribution >= 0.6 is 11.8 Å². The first-order valence-electron chi connectivity index (χ1n) is 5.76. The van der Waals surface area contributed by atoms with Gasteiger partial charge in [-0.25, -0.2) is 4.79 Å². The lowest BCUT2D eigenvalue weighted by Crippen LogP contribution is -2.30. The molecule has 0 bridgehead atoms. The standard InChI is InChI=1S/C13H14O5S/c1-9(14)16-11-8-19-13(2,17-11)18-12(15)10-6-4-3-5-7-10/h3-7,11H,8H2,1-2H3. The van der Waals surface area contributed by atoms with E-state index in [1.54, 1.807) is 31.2 Å². The normalized spacial score (nSPS) is 25.9. The monoisotopic (exact) mass is 282 g/mol. The van der Waals surface area contributed by atoms with E-state index in [1.165, 1.54) is 18.7 Å². The molecule has 1 fully saturated rings. The molecule has 1 aromatic carbocycles. The number of hydrogen-bond acceptors (Lipinski definition) is 6. The van der Waals surface area contributed by atoms with Crippen LogP contribution in [0, 0.1) is 0 Å². The Hall–Kier alpha value is -1.53. The second kappa shape index (κ2) is 5.63. The Bertz CT molecular complexity index is 475. The van der Waals surface area contributed by atoms with E-state index < -0.39 is 23.3 Å². The predicted molar refractivity (Wildman–Crippen MR) is 69.4 cm³/mol. The number of ether oxygens (including phenoxy) is 3. The highest BCUT2D eigenvalue weighted by Gasteiger charge is 2.42.